The molecule has 0 amide bonds. The van der Waals surface area contributed by atoms with Crippen LogP contribution in [0.1, 0.15) is 22.6 Å². The third kappa shape index (κ3) is 4.52. The average Bonchev–Trinajstić information content (AvgIpc) is 3.09. The van der Waals surface area contributed by atoms with Crippen LogP contribution in [-0.2, 0) is 12.2 Å². The number of benzene rings is 1. The Morgan fingerprint density at radius 1 is 1.07 bits per heavy atom. The minimum Gasteiger partial charge on any atom is -0.311 e. The molecule has 3 heterocycles. The number of hydrogen-bond donors (Lipinski definition) is 2. The number of H-pyrrole nitrogens is 2. The molecule has 4 rings (SSSR count). The standard InChI is InChI=1S/C20H18N6O2S/c1-13-4-2-6-16(8-13)26-17(9-15-10-18(27)23-19(28)22-15)24-25-20(26)29-12-14-5-3-7-21-11-14/h2-8,10-11H,9,12H2,1H3,(H2,22,23,27,28). The minimum atomic E-state index is -0.541. The quantitative estimate of drug-likeness (QED) is 0.475. The Balaban J connectivity index is 1.71. The molecule has 3 aromatic heterocycles. The zero-order valence-corrected chi connectivity index (χ0v) is 16.4. The zero-order valence-electron chi connectivity index (χ0n) is 15.6. The zero-order chi connectivity index (χ0) is 20.2. The Kier molecular flexibility index (Phi) is 5.39. The van der Waals surface area contributed by atoms with Gasteiger partial charge in [-0.05, 0) is 36.2 Å². The number of hydrogen-bond acceptors (Lipinski definition) is 6. The van der Waals surface area contributed by atoms with E-state index in [2.05, 4.69) is 25.1 Å². The van der Waals surface area contributed by atoms with Gasteiger partial charge in [0, 0.05) is 42.0 Å². The Hall–Kier alpha value is -3.46. The van der Waals surface area contributed by atoms with Crippen LogP contribution < -0.4 is 11.2 Å². The summed E-state index contributed by atoms with van der Waals surface area (Å²) in [4.78, 5) is 32.2. The van der Waals surface area contributed by atoms with E-state index in [1.54, 1.807) is 18.0 Å². The number of aromatic amines is 2. The lowest BCUT2D eigenvalue weighted by atomic mass is 10.2. The van der Waals surface area contributed by atoms with Crippen LogP contribution in [0.2, 0.25) is 0 Å². The van der Waals surface area contributed by atoms with Gasteiger partial charge in [0.1, 0.15) is 5.82 Å². The summed E-state index contributed by atoms with van der Waals surface area (Å²) in [5.74, 6) is 1.32. The van der Waals surface area contributed by atoms with Gasteiger partial charge >= 0.3 is 5.69 Å². The first-order chi connectivity index (χ1) is 14.1. The highest BCUT2D eigenvalue weighted by Crippen LogP contribution is 2.26. The molecule has 0 saturated carbocycles. The summed E-state index contributed by atoms with van der Waals surface area (Å²) in [7, 11) is 0. The van der Waals surface area contributed by atoms with Crippen molar-refractivity contribution in [3.63, 3.8) is 0 Å². The minimum absolute atomic E-state index is 0.271. The maximum atomic E-state index is 11.6. The highest BCUT2D eigenvalue weighted by atomic mass is 32.2. The van der Waals surface area contributed by atoms with E-state index in [0.29, 0.717) is 17.3 Å². The topological polar surface area (TPSA) is 109 Å². The largest absolute Gasteiger partial charge is 0.325 e. The predicted molar refractivity (Wildman–Crippen MR) is 110 cm³/mol. The van der Waals surface area contributed by atoms with Crippen molar-refractivity contribution >= 4 is 11.8 Å². The SMILES string of the molecule is Cc1cccc(-n2c(Cc3cc(=O)[nH]c(=O)[nH]3)nnc2SCc2cccnc2)c1. The molecule has 0 atom stereocenters. The van der Waals surface area contributed by atoms with E-state index in [-0.39, 0.29) is 6.42 Å². The van der Waals surface area contributed by atoms with Crippen molar-refractivity contribution in [2.45, 2.75) is 24.3 Å². The summed E-state index contributed by atoms with van der Waals surface area (Å²) >= 11 is 1.55. The first-order valence-corrected chi connectivity index (χ1v) is 9.92. The second kappa shape index (κ2) is 8.27. The van der Waals surface area contributed by atoms with E-state index in [0.717, 1.165) is 22.0 Å². The number of nitrogens with zero attached hydrogens (tertiary/aromatic N) is 4. The molecule has 2 N–H and O–H groups in total. The molecular formula is C20H18N6O2S. The van der Waals surface area contributed by atoms with Gasteiger partial charge in [0.25, 0.3) is 5.56 Å². The molecule has 1 aromatic carbocycles. The maximum Gasteiger partial charge on any atom is 0.325 e. The third-order valence-electron chi connectivity index (χ3n) is 4.22. The summed E-state index contributed by atoms with van der Waals surface area (Å²) in [5, 5.41) is 9.41. The van der Waals surface area contributed by atoms with Gasteiger partial charge in [-0.15, -0.1) is 10.2 Å². The number of nitrogens with one attached hydrogen (secondary N) is 2. The summed E-state index contributed by atoms with van der Waals surface area (Å²) in [6.07, 6.45) is 3.83. The molecular weight excluding hydrogens is 388 g/mol. The summed E-state index contributed by atoms with van der Waals surface area (Å²) in [6, 6.07) is 13.3. The van der Waals surface area contributed by atoms with Crippen LogP contribution in [-0.4, -0.2) is 29.7 Å². The van der Waals surface area contributed by atoms with Crippen molar-refractivity contribution in [1.29, 1.82) is 0 Å². The normalized spacial score (nSPS) is 10.9. The van der Waals surface area contributed by atoms with Gasteiger partial charge in [-0.2, -0.15) is 0 Å². The lowest BCUT2D eigenvalue weighted by Crippen LogP contribution is -2.23. The van der Waals surface area contributed by atoms with Gasteiger partial charge in [-0.1, -0.05) is 30.0 Å². The molecule has 146 valence electrons. The van der Waals surface area contributed by atoms with E-state index in [1.807, 2.05) is 54.1 Å². The highest BCUT2D eigenvalue weighted by molar-refractivity contribution is 7.98. The molecule has 8 nitrogen and oxygen atoms in total. The molecule has 0 spiro atoms. The van der Waals surface area contributed by atoms with Gasteiger partial charge in [-0.3, -0.25) is 19.3 Å². The Morgan fingerprint density at radius 2 is 1.97 bits per heavy atom. The number of pyridine rings is 1. The number of thioether (sulfide) groups is 1. The van der Waals surface area contributed by atoms with Crippen molar-refractivity contribution < 1.29 is 0 Å². The molecule has 0 aliphatic heterocycles. The molecule has 0 unspecified atom stereocenters. The van der Waals surface area contributed by atoms with E-state index < -0.39 is 11.2 Å². The van der Waals surface area contributed by atoms with Crippen LogP contribution in [0.4, 0.5) is 0 Å². The number of aryl methyl sites for hydroxylation is 1. The fourth-order valence-electron chi connectivity index (χ4n) is 2.95. The molecule has 0 fully saturated rings. The molecule has 0 aliphatic carbocycles. The van der Waals surface area contributed by atoms with Crippen molar-refractivity contribution in [3.8, 4) is 5.69 Å². The maximum absolute atomic E-state index is 11.6. The van der Waals surface area contributed by atoms with Crippen LogP contribution in [0.5, 0.6) is 0 Å². The summed E-state index contributed by atoms with van der Waals surface area (Å²) in [5.41, 5.74) is 2.60. The molecule has 0 bridgehead atoms. The van der Waals surface area contributed by atoms with Crippen molar-refractivity contribution in [2.75, 3.05) is 0 Å². The second-order valence-corrected chi connectivity index (χ2v) is 7.46. The Morgan fingerprint density at radius 3 is 2.72 bits per heavy atom. The average molecular weight is 406 g/mol. The smallest absolute Gasteiger partial charge is 0.311 e. The number of aromatic nitrogens is 6. The lowest BCUT2D eigenvalue weighted by molar-refractivity contribution is 0.828. The molecule has 0 aliphatic rings. The van der Waals surface area contributed by atoms with E-state index in [4.69, 9.17) is 0 Å². The fourth-order valence-corrected chi connectivity index (χ4v) is 3.86. The summed E-state index contributed by atoms with van der Waals surface area (Å²) in [6.45, 7) is 2.02. The molecule has 0 radical (unpaired) electrons. The molecule has 0 saturated heterocycles. The van der Waals surface area contributed by atoms with Gasteiger partial charge < -0.3 is 4.98 Å². The van der Waals surface area contributed by atoms with E-state index in [1.165, 1.54) is 6.07 Å². The monoisotopic (exact) mass is 406 g/mol. The Bertz CT molecular complexity index is 1220. The molecule has 4 aromatic rings. The van der Waals surface area contributed by atoms with Crippen LogP contribution in [0.15, 0.2) is 69.6 Å². The van der Waals surface area contributed by atoms with Crippen LogP contribution in [0.25, 0.3) is 5.69 Å². The highest BCUT2D eigenvalue weighted by Gasteiger charge is 2.16. The number of rotatable bonds is 6. The van der Waals surface area contributed by atoms with Gasteiger partial charge in [0.15, 0.2) is 5.16 Å². The first-order valence-electron chi connectivity index (χ1n) is 8.94. The summed E-state index contributed by atoms with van der Waals surface area (Å²) < 4.78 is 1.95. The van der Waals surface area contributed by atoms with Crippen LogP contribution in [0, 0.1) is 6.92 Å². The second-order valence-electron chi connectivity index (χ2n) is 6.51. The van der Waals surface area contributed by atoms with Crippen molar-refractivity contribution in [3.05, 3.63) is 98.3 Å². The van der Waals surface area contributed by atoms with Gasteiger partial charge in [-0.25, -0.2) is 4.79 Å². The van der Waals surface area contributed by atoms with Crippen LogP contribution >= 0.6 is 11.8 Å². The van der Waals surface area contributed by atoms with Crippen molar-refractivity contribution in [2.24, 2.45) is 0 Å². The van der Waals surface area contributed by atoms with Crippen molar-refractivity contribution in [1.82, 2.24) is 29.7 Å². The third-order valence-corrected chi connectivity index (χ3v) is 5.22. The molecule has 29 heavy (non-hydrogen) atoms. The predicted octanol–water partition coefficient (Wildman–Crippen LogP) is 2.23. The van der Waals surface area contributed by atoms with E-state index >= 15 is 0 Å². The lowest BCUT2D eigenvalue weighted by Gasteiger charge is -2.11. The van der Waals surface area contributed by atoms with E-state index in [9.17, 15) is 9.59 Å². The Labute approximate surface area is 170 Å². The van der Waals surface area contributed by atoms with Gasteiger partial charge in [0.05, 0.1) is 0 Å². The fraction of sp³-hybridized carbons (Fsp3) is 0.150. The first kappa shape index (κ1) is 18.9. The molecule has 9 heteroatoms. The van der Waals surface area contributed by atoms with Crippen LogP contribution in [0.3, 0.4) is 0 Å². The van der Waals surface area contributed by atoms with Gasteiger partial charge in [0.2, 0.25) is 0 Å².